The molecular formula is C18H13ClN4O4. The van der Waals surface area contributed by atoms with Crippen LogP contribution in [0.1, 0.15) is 15.9 Å². The van der Waals surface area contributed by atoms with E-state index in [0.29, 0.717) is 5.69 Å². The van der Waals surface area contributed by atoms with Gasteiger partial charge in [0.1, 0.15) is 12.8 Å². The summed E-state index contributed by atoms with van der Waals surface area (Å²) in [5.41, 5.74) is 0.979. The summed E-state index contributed by atoms with van der Waals surface area (Å²) in [4.78, 5) is 30.4. The number of halogens is 1. The minimum absolute atomic E-state index is 0.105. The molecule has 0 aliphatic carbocycles. The van der Waals surface area contributed by atoms with Crippen molar-refractivity contribution in [2.45, 2.75) is 6.61 Å². The number of hydrogen-bond donors (Lipinski definition) is 1. The minimum atomic E-state index is -0.644. The molecule has 0 spiro atoms. The van der Waals surface area contributed by atoms with Gasteiger partial charge in [0, 0.05) is 0 Å². The summed E-state index contributed by atoms with van der Waals surface area (Å²) in [6.45, 7) is 0.105. The van der Waals surface area contributed by atoms with Crippen molar-refractivity contribution >= 4 is 34.8 Å². The van der Waals surface area contributed by atoms with Gasteiger partial charge in [-0.3, -0.25) is 10.1 Å². The van der Waals surface area contributed by atoms with Crippen LogP contribution < -0.4 is 5.32 Å². The number of carbonyl (C=O) groups excluding carboxylic acids is 1. The Labute approximate surface area is 158 Å². The highest BCUT2D eigenvalue weighted by atomic mass is 35.5. The van der Waals surface area contributed by atoms with E-state index in [1.807, 2.05) is 30.3 Å². The number of hydrogen-bond acceptors (Lipinski definition) is 7. The van der Waals surface area contributed by atoms with Crippen molar-refractivity contribution in [1.82, 2.24) is 9.97 Å². The number of para-hydroxylation sites is 1. The van der Waals surface area contributed by atoms with E-state index < -0.39 is 10.9 Å². The molecule has 0 bridgehead atoms. The van der Waals surface area contributed by atoms with Crippen molar-refractivity contribution in [2.24, 2.45) is 0 Å². The maximum Gasteiger partial charge on any atom is 0.340 e. The van der Waals surface area contributed by atoms with Crippen LogP contribution in [0.15, 0.2) is 60.8 Å². The highest BCUT2D eigenvalue weighted by Gasteiger charge is 2.20. The Balaban J connectivity index is 1.83. The van der Waals surface area contributed by atoms with Crippen molar-refractivity contribution < 1.29 is 14.5 Å². The summed E-state index contributed by atoms with van der Waals surface area (Å²) in [7, 11) is 0. The molecule has 0 atom stereocenters. The fourth-order valence-corrected chi connectivity index (χ4v) is 2.41. The highest BCUT2D eigenvalue weighted by Crippen LogP contribution is 2.28. The van der Waals surface area contributed by atoms with Crippen LogP contribution >= 0.6 is 11.6 Å². The van der Waals surface area contributed by atoms with E-state index >= 15 is 0 Å². The van der Waals surface area contributed by atoms with Gasteiger partial charge in [-0.25, -0.2) is 9.78 Å². The second-order valence-electron chi connectivity index (χ2n) is 5.36. The van der Waals surface area contributed by atoms with Crippen molar-refractivity contribution in [3.05, 3.63) is 87.3 Å². The van der Waals surface area contributed by atoms with Crippen LogP contribution in [0, 0.1) is 10.1 Å². The molecule has 0 amide bonds. The number of anilines is 2. The lowest BCUT2D eigenvalue weighted by molar-refractivity contribution is -0.384. The summed E-state index contributed by atoms with van der Waals surface area (Å²) >= 11 is 5.73. The second-order valence-corrected chi connectivity index (χ2v) is 5.70. The molecule has 0 radical (unpaired) electrons. The van der Waals surface area contributed by atoms with E-state index in [1.165, 1.54) is 0 Å². The van der Waals surface area contributed by atoms with Crippen LogP contribution in [-0.2, 0) is 11.3 Å². The Hall–Kier alpha value is -3.52. The topological polar surface area (TPSA) is 107 Å². The maximum atomic E-state index is 12.5. The number of aromatic nitrogens is 2. The number of nitrogens with zero attached hydrogens (tertiary/aromatic N) is 3. The Kier molecular flexibility index (Phi) is 5.58. The first-order valence-corrected chi connectivity index (χ1v) is 8.16. The molecule has 0 saturated carbocycles. The predicted octanol–water partition coefficient (Wildman–Crippen LogP) is 4.14. The first kappa shape index (κ1) is 18.3. The van der Waals surface area contributed by atoms with Crippen LogP contribution in [0.4, 0.5) is 17.2 Å². The Morgan fingerprint density at radius 1 is 1.15 bits per heavy atom. The lowest BCUT2D eigenvalue weighted by atomic mass is 10.1. The highest BCUT2D eigenvalue weighted by molar-refractivity contribution is 6.28. The van der Waals surface area contributed by atoms with E-state index in [2.05, 4.69) is 15.3 Å². The number of esters is 1. The Morgan fingerprint density at radius 2 is 1.85 bits per heavy atom. The first-order chi connectivity index (χ1) is 13.0. The van der Waals surface area contributed by atoms with Crippen molar-refractivity contribution in [3.63, 3.8) is 0 Å². The summed E-state index contributed by atoms with van der Waals surface area (Å²) in [5, 5.41) is 13.8. The largest absolute Gasteiger partial charge is 0.457 e. The van der Waals surface area contributed by atoms with Gasteiger partial charge < -0.3 is 10.1 Å². The van der Waals surface area contributed by atoms with Gasteiger partial charge in [0.2, 0.25) is 11.1 Å². The van der Waals surface area contributed by atoms with Gasteiger partial charge in [-0.2, -0.15) is 4.98 Å². The Morgan fingerprint density at radius 3 is 2.59 bits per heavy atom. The summed E-state index contributed by atoms with van der Waals surface area (Å²) in [5.74, 6) is -0.701. The molecule has 1 aromatic heterocycles. The van der Waals surface area contributed by atoms with Crippen LogP contribution in [0.3, 0.4) is 0 Å². The van der Waals surface area contributed by atoms with Crippen molar-refractivity contribution in [1.29, 1.82) is 0 Å². The number of nitrogens with one attached hydrogen (secondary N) is 1. The van der Waals surface area contributed by atoms with Gasteiger partial charge in [0.05, 0.1) is 16.2 Å². The molecular weight excluding hydrogens is 372 g/mol. The average molecular weight is 385 g/mol. The Bertz CT molecular complexity index is 982. The van der Waals surface area contributed by atoms with Gasteiger partial charge in [-0.05, 0) is 29.3 Å². The number of carbonyl (C=O) groups is 1. The molecule has 1 heterocycles. The molecule has 0 unspecified atom stereocenters. The van der Waals surface area contributed by atoms with E-state index in [0.717, 1.165) is 11.8 Å². The molecule has 136 valence electrons. The van der Waals surface area contributed by atoms with Crippen molar-refractivity contribution in [3.8, 4) is 0 Å². The normalized spacial score (nSPS) is 10.3. The molecule has 9 heteroatoms. The lowest BCUT2D eigenvalue weighted by Crippen LogP contribution is -2.09. The van der Waals surface area contributed by atoms with E-state index in [4.69, 9.17) is 16.3 Å². The zero-order valence-electron chi connectivity index (χ0n) is 13.8. The molecule has 2 aromatic carbocycles. The van der Waals surface area contributed by atoms with Crippen molar-refractivity contribution in [2.75, 3.05) is 5.32 Å². The monoisotopic (exact) mass is 384 g/mol. The zero-order valence-corrected chi connectivity index (χ0v) is 14.6. The van der Waals surface area contributed by atoms with Crippen LogP contribution in [0.2, 0.25) is 5.28 Å². The van der Waals surface area contributed by atoms with Crippen LogP contribution in [-0.4, -0.2) is 20.9 Å². The molecule has 1 N–H and O–H groups in total. The summed E-state index contributed by atoms with van der Waals surface area (Å²) in [6, 6.07) is 15.7. The second kappa shape index (κ2) is 8.24. The van der Waals surface area contributed by atoms with Crippen LogP contribution in [0.5, 0.6) is 0 Å². The van der Waals surface area contributed by atoms with Crippen LogP contribution in [0.25, 0.3) is 0 Å². The number of nitro groups is 1. The third-order valence-corrected chi connectivity index (χ3v) is 3.73. The SMILES string of the molecule is O=C(OCc1ccccc1)c1ccccc1Nc1nc(Cl)ncc1[N+](=O)[O-]. The molecule has 0 fully saturated rings. The fourth-order valence-electron chi connectivity index (χ4n) is 2.28. The van der Waals surface area contributed by atoms with E-state index in [1.54, 1.807) is 24.3 Å². The van der Waals surface area contributed by atoms with Gasteiger partial charge in [0.25, 0.3) is 0 Å². The molecule has 0 aliphatic heterocycles. The van der Waals surface area contributed by atoms with Gasteiger partial charge >= 0.3 is 11.7 Å². The standard InChI is InChI=1S/C18H13ClN4O4/c19-18-20-10-15(23(25)26)16(22-18)21-14-9-5-4-8-13(14)17(24)27-11-12-6-2-1-3-7-12/h1-10H,11H2,(H,20,21,22). The fraction of sp³-hybridized carbons (Fsp3) is 0.0556. The van der Waals surface area contributed by atoms with Gasteiger partial charge in [-0.1, -0.05) is 42.5 Å². The summed E-state index contributed by atoms with van der Waals surface area (Å²) < 4.78 is 5.32. The first-order valence-electron chi connectivity index (χ1n) is 7.78. The molecule has 3 aromatic rings. The maximum absolute atomic E-state index is 12.5. The van der Waals surface area contributed by atoms with Gasteiger partial charge in [0.15, 0.2) is 0 Å². The lowest BCUT2D eigenvalue weighted by Gasteiger charge is -2.11. The minimum Gasteiger partial charge on any atom is -0.457 e. The number of ether oxygens (including phenoxy) is 1. The molecule has 8 nitrogen and oxygen atoms in total. The predicted molar refractivity (Wildman–Crippen MR) is 99.0 cm³/mol. The van der Waals surface area contributed by atoms with E-state index in [-0.39, 0.29) is 29.0 Å². The summed E-state index contributed by atoms with van der Waals surface area (Å²) in [6.07, 6.45) is 0.994. The third-order valence-electron chi connectivity index (χ3n) is 3.55. The molecule has 3 rings (SSSR count). The number of benzene rings is 2. The zero-order chi connectivity index (χ0) is 19.2. The molecule has 27 heavy (non-hydrogen) atoms. The molecule has 0 aliphatic rings. The third kappa shape index (κ3) is 4.56. The molecule has 0 saturated heterocycles. The van der Waals surface area contributed by atoms with E-state index in [9.17, 15) is 14.9 Å². The average Bonchev–Trinajstić information content (AvgIpc) is 2.67. The number of rotatable bonds is 6. The van der Waals surface area contributed by atoms with Gasteiger partial charge in [-0.15, -0.1) is 0 Å². The quantitative estimate of drug-likeness (QED) is 0.294. The smallest absolute Gasteiger partial charge is 0.340 e.